The first kappa shape index (κ1) is 16.6. The number of benzene rings is 2. The molecule has 7 nitrogen and oxygen atoms in total. The Bertz CT molecular complexity index is 1130. The first-order valence-corrected chi connectivity index (χ1v) is 9.18. The average molecular weight is 374 g/mol. The van der Waals surface area contributed by atoms with Gasteiger partial charge < -0.3 is 15.7 Å². The number of hydrogen-bond acceptors (Lipinski definition) is 4. The molecule has 1 unspecified atom stereocenters. The Morgan fingerprint density at radius 1 is 1.11 bits per heavy atom. The van der Waals surface area contributed by atoms with E-state index in [-0.39, 0.29) is 30.0 Å². The molecule has 3 aromatic rings. The Labute approximate surface area is 161 Å². The molecule has 3 N–H and O–H groups in total. The number of aromatic nitrogens is 1. The van der Waals surface area contributed by atoms with Gasteiger partial charge in [-0.2, -0.15) is 0 Å². The van der Waals surface area contributed by atoms with Gasteiger partial charge in [-0.25, -0.2) is 9.78 Å². The van der Waals surface area contributed by atoms with Gasteiger partial charge in [0.05, 0.1) is 0 Å². The number of fused-ring (bicyclic) bond motifs is 2. The Morgan fingerprint density at radius 2 is 2.00 bits per heavy atom. The molecule has 2 aliphatic rings. The average Bonchev–Trinajstić information content (AvgIpc) is 3.13. The third kappa shape index (κ3) is 2.63. The zero-order valence-corrected chi connectivity index (χ0v) is 15.0. The standard InChI is InChI=1S/C21H18N4O3/c26-18-3-1-2-12-4-7-16(24-20(12)18)15-11-19(27)23-17-10-13(5-6-14(15)17)25-9-8-22-21(25)28/h1-7,10,15,26H,8-9,11H2,(H,22,28)(H,23,27). The molecule has 0 aliphatic carbocycles. The second-order valence-corrected chi connectivity index (χ2v) is 7.04. The molecule has 28 heavy (non-hydrogen) atoms. The van der Waals surface area contributed by atoms with E-state index in [1.165, 1.54) is 0 Å². The van der Waals surface area contributed by atoms with Crippen molar-refractivity contribution < 1.29 is 14.7 Å². The fraction of sp³-hybridized carbons (Fsp3) is 0.190. The Hall–Kier alpha value is -3.61. The van der Waals surface area contributed by atoms with Gasteiger partial charge in [-0.15, -0.1) is 0 Å². The number of carbonyl (C=O) groups excluding carboxylic acids is 2. The van der Waals surface area contributed by atoms with Crippen LogP contribution in [0.5, 0.6) is 5.75 Å². The van der Waals surface area contributed by atoms with E-state index in [0.717, 1.165) is 22.3 Å². The predicted octanol–water partition coefficient (Wildman–Crippen LogP) is 2.94. The summed E-state index contributed by atoms with van der Waals surface area (Å²) in [6.45, 7) is 1.20. The number of rotatable bonds is 2. The number of pyridine rings is 1. The number of nitrogens with one attached hydrogen (secondary N) is 2. The van der Waals surface area contributed by atoms with E-state index in [2.05, 4.69) is 15.6 Å². The summed E-state index contributed by atoms with van der Waals surface area (Å²) in [5.74, 6) is -0.191. The van der Waals surface area contributed by atoms with Crippen LogP contribution in [-0.4, -0.2) is 35.1 Å². The van der Waals surface area contributed by atoms with Crippen molar-refractivity contribution in [3.63, 3.8) is 0 Å². The normalized spacial score (nSPS) is 18.7. The highest BCUT2D eigenvalue weighted by atomic mass is 16.3. The van der Waals surface area contributed by atoms with Crippen LogP contribution in [0.3, 0.4) is 0 Å². The van der Waals surface area contributed by atoms with Gasteiger partial charge in [0.1, 0.15) is 11.3 Å². The Balaban J connectivity index is 1.58. The maximum Gasteiger partial charge on any atom is 0.321 e. The van der Waals surface area contributed by atoms with Crippen molar-refractivity contribution in [1.29, 1.82) is 0 Å². The van der Waals surface area contributed by atoms with Crippen molar-refractivity contribution in [3.05, 3.63) is 59.8 Å². The highest BCUT2D eigenvalue weighted by molar-refractivity contribution is 5.98. The molecule has 1 saturated heterocycles. The number of amides is 3. The number of anilines is 2. The molecule has 0 spiro atoms. The van der Waals surface area contributed by atoms with Crippen LogP contribution in [0.1, 0.15) is 23.6 Å². The smallest absolute Gasteiger partial charge is 0.321 e. The summed E-state index contributed by atoms with van der Waals surface area (Å²) >= 11 is 0. The molecule has 0 radical (unpaired) electrons. The van der Waals surface area contributed by atoms with E-state index < -0.39 is 0 Å². The number of phenols is 1. The maximum absolute atomic E-state index is 12.4. The molecule has 0 saturated carbocycles. The van der Waals surface area contributed by atoms with Gasteiger partial charge in [0.25, 0.3) is 0 Å². The molecule has 1 atom stereocenters. The van der Waals surface area contributed by atoms with Gasteiger partial charge in [0, 0.05) is 47.9 Å². The van der Waals surface area contributed by atoms with Crippen LogP contribution in [0.25, 0.3) is 10.9 Å². The zero-order chi connectivity index (χ0) is 19.3. The quantitative estimate of drug-likeness (QED) is 0.643. The highest BCUT2D eigenvalue weighted by Gasteiger charge is 2.29. The summed E-state index contributed by atoms with van der Waals surface area (Å²) in [7, 11) is 0. The van der Waals surface area contributed by atoms with E-state index in [4.69, 9.17) is 0 Å². The van der Waals surface area contributed by atoms with Crippen molar-refractivity contribution in [2.24, 2.45) is 0 Å². The van der Waals surface area contributed by atoms with Crippen molar-refractivity contribution in [2.45, 2.75) is 12.3 Å². The van der Waals surface area contributed by atoms with Gasteiger partial charge in [0.15, 0.2) is 0 Å². The van der Waals surface area contributed by atoms with Crippen LogP contribution in [0, 0.1) is 0 Å². The van der Waals surface area contributed by atoms with E-state index >= 15 is 0 Å². The minimum absolute atomic E-state index is 0.0975. The molecular formula is C21H18N4O3. The number of hydrogen-bond donors (Lipinski definition) is 3. The predicted molar refractivity (Wildman–Crippen MR) is 106 cm³/mol. The number of phenolic OH excluding ortho intramolecular Hbond substituents is 1. The molecule has 140 valence electrons. The summed E-state index contributed by atoms with van der Waals surface area (Å²) in [5.41, 5.74) is 3.65. The monoisotopic (exact) mass is 374 g/mol. The molecular weight excluding hydrogens is 356 g/mol. The lowest BCUT2D eigenvalue weighted by atomic mass is 9.87. The maximum atomic E-state index is 12.4. The first-order chi connectivity index (χ1) is 13.6. The summed E-state index contributed by atoms with van der Waals surface area (Å²) in [5, 5.41) is 16.7. The van der Waals surface area contributed by atoms with E-state index in [1.54, 1.807) is 17.0 Å². The van der Waals surface area contributed by atoms with Crippen LogP contribution >= 0.6 is 0 Å². The van der Waals surface area contributed by atoms with Crippen LogP contribution < -0.4 is 15.5 Å². The molecule has 2 aromatic carbocycles. The van der Waals surface area contributed by atoms with Gasteiger partial charge >= 0.3 is 6.03 Å². The molecule has 5 rings (SSSR count). The Kier molecular flexibility index (Phi) is 3.68. The Morgan fingerprint density at radius 3 is 2.82 bits per heavy atom. The molecule has 1 aromatic heterocycles. The minimum Gasteiger partial charge on any atom is -0.506 e. The summed E-state index contributed by atoms with van der Waals surface area (Å²) in [6, 6.07) is 14.6. The van der Waals surface area contributed by atoms with Crippen molar-refractivity contribution >= 4 is 34.2 Å². The van der Waals surface area contributed by atoms with Crippen LogP contribution in [-0.2, 0) is 4.79 Å². The second kappa shape index (κ2) is 6.23. The van der Waals surface area contributed by atoms with Gasteiger partial charge in [-0.1, -0.05) is 24.3 Å². The van der Waals surface area contributed by atoms with Crippen molar-refractivity contribution in [1.82, 2.24) is 10.3 Å². The SMILES string of the molecule is O=C1CC(c2ccc3cccc(O)c3n2)c2ccc(N3CCNC3=O)cc2N1. The van der Waals surface area contributed by atoms with Crippen molar-refractivity contribution in [3.8, 4) is 5.75 Å². The summed E-state index contributed by atoms with van der Waals surface area (Å²) < 4.78 is 0. The van der Waals surface area contributed by atoms with Gasteiger partial charge in [0.2, 0.25) is 5.91 Å². The molecule has 3 amide bonds. The van der Waals surface area contributed by atoms with Crippen LogP contribution in [0.4, 0.5) is 16.2 Å². The fourth-order valence-electron chi connectivity index (χ4n) is 3.94. The van der Waals surface area contributed by atoms with Gasteiger partial charge in [-0.3, -0.25) is 9.69 Å². The minimum atomic E-state index is -0.214. The summed E-state index contributed by atoms with van der Waals surface area (Å²) in [4.78, 5) is 30.6. The fourth-order valence-corrected chi connectivity index (χ4v) is 3.94. The molecule has 0 bridgehead atoms. The number of aromatic hydroxyl groups is 1. The van der Waals surface area contributed by atoms with Gasteiger partial charge in [-0.05, 0) is 29.8 Å². The van der Waals surface area contributed by atoms with E-state index in [1.807, 2.05) is 36.4 Å². The van der Waals surface area contributed by atoms with Crippen LogP contribution in [0.2, 0.25) is 0 Å². The van der Waals surface area contributed by atoms with Crippen molar-refractivity contribution in [2.75, 3.05) is 23.3 Å². The number of carbonyl (C=O) groups is 2. The molecule has 7 heteroatoms. The third-order valence-corrected chi connectivity index (χ3v) is 5.32. The lowest BCUT2D eigenvalue weighted by Crippen LogP contribution is -2.29. The third-order valence-electron chi connectivity index (χ3n) is 5.32. The van der Waals surface area contributed by atoms with Crippen LogP contribution in [0.15, 0.2) is 48.5 Å². The first-order valence-electron chi connectivity index (χ1n) is 9.18. The number of nitrogens with zero attached hydrogens (tertiary/aromatic N) is 2. The lowest BCUT2D eigenvalue weighted by Gasteiger charge is -2.27. The number of para-hydroxylation sites is 1. The highest BCUT2D eigenvalue weighted by Crippen LogP contribution is 2.39. The molecule has 3 heterocycles. The molecule has 2 aliphatic heterocycles. The van der Waals surface area contributed by atoms with E-state index in [0.29, 0.717) is 24.3 Å². The topological polar surface area (TPSA) is 94.6 Å². The number of urea groups is 1. The van der Waals surface area contributed by atoms with E-state index in [9.17, 15) is 14.7 Å². The second-order valence-electron chi connectivity index (χ2n) is 7.04. The lowest BCUT2D eigenvalue weighted by molar-refractivity contribution is -0.116. The largest absolute Gasteiger partial charge is 0.506 e. The summed E-state index contributed by atoms with van der Waals surface area (Å²) in [6.07, 6.45) is 0.280. The molecule has 1 fully saturated rings. The zero-order valence-electron chi connectivity index (χ0n) is 15.0.